The van der Waals surface area contributed by atoms with Gasteiger partial charge in [-0.2, -0.15) is 0 Å². The maximum Gasteiger partial charge on any atom is 0.295 e. The van der Waals surface area contributed by atoms with E-state index in [0.717, 1.165) is 55.6 Å². The molecule has 0 spiro atoms. The number of nitrogens with zero attached hydrogens (tertiary/aromatic N) is 1. The van der Waals surface area contributed by atoms with E-state index in [1.54, 1.807) is 36.3 Å². The van der Waals surface area contributed by atoms with Gasteiger partial charge in [-0.05, 0) is 40.6 Å². The molecule has 7 nitrogen and oxygen atoms in total. The van der Waals surface area contributed by atoms with Gasteiger partial charge in [-0.1, -0.05) is 42.5 Å². The highest BCUT2D eigenvalue weighted by atomic mass is 16.5. The summed E-state index contributed by atoms with van der Waals surface area (Å²) >= 11 is 0. The summed E-state index contributed by atoms with van der Waals surface area (Å²) in [7, 11) is 1.57. The zero-order valence-corrected chi connectivity index (χ0v) is 20.4. The highest BCUT2D eigenvalue weighted by Gasteiger charge is 2.46. The van der Waals surface area contributed by atoms with Crippen LogP contribution >= 0.6 is 0 Å². The van der Waals surface area contributed by atoms with Crippen LogP contribution in [0.25, 0.3) is 16.5 Å². The number of carbonyl (C=O) groups is 2. The molecule has 0 aliphatic carbocycles. The van der Waals surface area contributed by atoms with E-state index in [0.29, 0.717) is 17.9 Å². The standard InChI is InChI=1S/C29H30N2O5/c1-35-22-12-10-21(11-13-22)27(32)25-26(24-9-4-7-20-6-2-3-8-23(20)24)31(29(34)28(25)33)15-5-14-30-16-18-36-19-17-30/h2-4,6-13,26,32H,5,14-19H2,1H3/p+1. The molecule has 2 saturated heterocycles. The number of hydrogen-bond donors (Lipinski definition) is 2. The van der Waals surface area contributed by atoms with E-state index in [9.17, 15) is 14.7 Å². The fraction of sp³-hybridized carbons (Fsp3) is 0.310. The molecular formula is C29H31N2O5+. The minimum atomic E-state index is -0.669. The van der Waals surface area contributed by atoms with Crippen LogP contribution in [0.3, 0.4) is 0 Å². The normalized spacial score (nSPS) is 20.2. The van der Waals surface area contributed by atoms with E-state index in [1.807, 2.05) is 42.5 Å². The van der Waals surface area contributed by atoms with Gasteiger partial charge in [-0.15, -0.1) is 0 Å². The molecule has 0 radical (unpaired) electrons. The van der Waals surface area contributed by atoms with E-state index in [1.165, 1.54) is 4.90 Å². The Kier molecular flexibility index (Phi) is 7.02. The molecule has 7 heteroatoms. The molecule has 2 N–H and O–H groups in total. The Bertz CT molecular complexity index is 1290. The van der Waals surface area contributed by atoms with Crippen molar-refractivity contribution < 1.29 is 29.1 Å². The lowest BCUT2D eigenvalue weighted by Crippen LogP contribution is -3.14. The second kappa shape index (κ2) is 10.5. The summed E-state index contributed by atoms with van der Waals surface area (Å²) in [5.41, 5.74) is 1.43. The van der Waals surface area contributed by atoms with Gasteiger partial charge in [0.25, 0.3) is 11.7 Å². The third-order valence-electron chi connectivity index (χ3n) is 7.15. The Hall–Kier alpha value is -3.68. The molecular weight excluding hydrogens is 456 g/mol. The van der Waals surface area contributed by atoms with Crippen LogP contribution in [0, 0.1) is 0 Å². The number of methoxy groups -OCH3 is 1. The number of hydrogen-bond acceptors (Lipinski definition) is 5. The second-order valence-corrected chi connectivity index (χ2v) is 9.26. The summed E-state index contributed by atoms with van der Waals surface area (Å²) < 4.78 is 10.7. The Labute approximate surface area is 210 Å². The first-order valence-electron chi connectivity index (χ1n) is 12.4. The summed E-state index contributed by atoms with van der Waals surface area (Å²) in [5.74, 6) is -0.751. The molecule has 3 aromatic carbocycles. The first-order valence-corrected chi connectivity index (χ1v) is 12.4. The number of amides is 1. The number of carbonyl (C=O) groups excluding carboxylic acids is 2. The summed E-state index contributed by atoms with van der Waals surface area (Å²) in [5, 5.41) is 13.3. The predicted octanol–water partition coefficient (Wildman–Crippen LogP) is 2.58. The van der Waals surface area contributed by atoms with Crippen molar-refractivity contribution in [1.29, 1.82) is 0 Å². The molecule has 1 atom stereocenters. The van der Waals surface area contributed by atoms with Crippen molar-refractivity contribution in [2.75, 3.05) is 46.5 Å². The minimum absolute atomic E-state index is 0.125. The molecule has 3 aromatic rings. The van der Waals surface area contributed by atoms with Crippen molar-refractivity contribution in [2.24, 2.45) is 0 Å². The summed E-state index contributed by atoms with van der Waals surface area (Å²) in [6.07, 6.45) is 0.756. The van der Waals surface area contributed by atoms with Gasteiger partial charge in [0.2, 0.25) is 0 Å². The number of ether oxygens (including phenoxy) is 2. The Morgan fingerprint density at radius 2 is 1.75 bits per heavy atom. The molecule has 1 amide bonds. The molecule has 2 aliphatic heterocycles. The Balaban J connectivity index is 1.55. The molecule has 0 bridgehead atoms. The smallest absolute Gasteiger partial charge is 0.295 e. The lowest BCUT2D eigenvalue weighted by Gasteiger charge is -2.28. The number of fused-ring (bicyclic) bond motifs is 1. The molecule has 36 heavy (non-hydrogen) atoms. The molecule has 186 valence electrons. The van der Waals surface area contributed by atoms with Gasteiger partial charge < -0.3 is 24.4 Å². The SMILES string of the molecule is COc1ccc(C(O)=C2C(=O)C(=O)N(CCC[NH+]3CCOCC3)C2c2cccc3ccccc23)cc1. The average molecular weight is 488 g/mol. The van der Waals surface area contributed by atoms with Crippen molar-refractivity contribution >= 4 is 28.2 Å². The number of quaternary nitrogens is 1. The Morgan fingerprint density at radius 1 is 1.03 bits per heavy atom. The predicted molar refractivity (Wildman–Crippen MR) is 137 cm³/mol. The fourth-order valence-electron chi connectivity index (χ4n) is 5.24. The number of Topliss-reactive ketones (excluding diaryl/α,β-unsaturated/α-hetero) is 1. The largest absolute Gasteiger partial charge is 0.507 e. The third kappa shape index (κ3) is 4.59. The van der Waals surface area contributed by atoms with Crippen molar-refractivity contribution in [3.8, 4) is 5.75 Å². The van der Waals surface area contributed by atoms with E-state index in [2.05, 4.69) is 0 Å². The van der Waals surface area contributed by atoms with E-state index >= 15 is 0 Å². The highest BCUT2D eigenvalue weighted by Crippen LogP contribution is 2.42. The lowest BCUT2D eigenvalue weighted by atomic mass is 9.91. The number of rotatable bonds is 7. The maximum atomic E-state index is 13.4. The molecule has 5 rings (SSSR count). The minimum Gasteiger partial charge on any atom is -0.507 e. The number of ketones is 1. The Morgan fingerprint density at radius 3 is 2.50 bits per heavy atom. The van der Waals surface area contributed by atoms with Crippen molar-refractivity contribution in [2.45, 2.75) is 12.5 Å². The molecule has 0 aromatic heterocycles. The van der Waals surface area contributed by atoms with Crippen LogP contribution in [-0.4, -0.2) is 68.2 Å². The second-order valence-electron chi connectivity index (χ2n) is 9.26. The zero-order chi connectivity index (χ0) is 25.1. The molecule has 2 heterocycles. The summed E-state index contributed by atoms with van der Waals surface area (Å²) in [4.78, 5) is 29.8. The van der Waals surface area contributed by atoms with Crippen LogP contribution in [0.1, 0.15) is 23.6 Å². The molecule has 2 aliphatic rings. The molecule has 2 fully saturated rings. The van der Waals surface area contributed by atoms with Gasteiger partial charge in [-0.3, -0.25) is 9.59 Å². The van der Waals surface area contributed by atoms with Crippen LogP contribution in [0.4, 0.5) is 0 Å². The monoisotopic (exact) mass is 487 g/mol. The number of nitrogens with one attached hydrogen (secondary N) is 1. The van der Waals surface area contributed by atoms with Gasteiger partial charge >= 0.3 is 0 Å². The van der Waals surface area contributed by atoms with Crippen LogP contribution in [0.15, 0.2) is 72.3 Å². The first-order chi connectivity index (χ1) is 17.6. The highest BCUT2D eigenvalue weighted by molar-refractivity contribution is 6.46. The van der Waals surface area contributed by atoms with Gasteiger partial charge in [-0.25, -0.2) is 0 Å². The zero-order valence-electron chi connectivity index (χ0n) is 20.4. The van der Waals surface area contributed by atoms with Crippen LogP contribution < -0.4 is 9.64 Å². The van der Waals surface area contributed by atoms with Crippen LogP contribution in [-0.2, 0) is 14.3 Å². The van der Waals surface area contributed by atoms with Crippen molar-refractivity contribution in [3.05, 3.63) is 83.4 Å². The van der Waals surface area contributed by atoms with Gasteiger partial charge in [0.15, 0.2) is 0 Å². The van der Waals surface area contributed by atoms with E-state index < -0.39 is 17.7 Å². The summed E-state index contributed by atoms with van der Waals surface area (Å²) in [6.45, 7) is 4.72. The third-order valence-corrected chi connectivity index (χ3v) is 7.15. The average Bonchev–Trinajstić information content (AvgIpc) is 3.18. The first kappa shape index (κ1) is 24.0. The lowest BCUT2D eigenvalue weighted by molar-refractivity contribution is -0.908. The van der Waals surface area contributed by atoms with E-state index in [4.69, 9.17) is 9.47 Å². The van der Waals surface area contributed by atoms with E-state index in [-0.39, 0.29) is 11.3 Å². The fourth-order valence-corrected chi connectivity index (χ4v) is 5.24. The number of aliphatic hydroxyl groups excluding tert-OH is 1. The van der Waals surface area contributed by atoms with Crippen molar-refractivity contribution in [1.82, 2.24) is 4.90 Å². The van der Waals surface area contributed by atoms with Gasteiger partial charge in [0, 0.05) is 18.5 Å². The van der Waals surface area contributed by atoms with Gasteiger partial charge in [0.05, 0.1) is 38.5 Å². The number of morpholine rings is 1. The number of likely N-dealkylation sites (tertiary alicyclic amines) is 1. The number of benzene rings is 3. The number of aliphatic hydroxyl groups is 1. The topological polar surface area (TPSA) is 80.5 Å². The summed E-state index contributed by atoms with van der Waals surface area (Å²) in [6, 6.07) is 20.0. The van der Waals surface area contributed by atoms with Gasteiger partial charge in [0.1, 0.15) is 24.6 Å². The van der Waals surface area contributed by atoms with Crippen molar-refractivity contribution in [3.63, 3.8) is 0 Å². The van der Waals surface area contributed by atoms with Crippen LogP contribution in [0.5, 0.6) is 5.75 Å². The molecule has 1 unspecified atom stereocenters. The maximum absolute atomic E-state index is 13.4. The quantitative estimate of drug-likeness (QED) is 0.304. The molecule has 0 saturated carbocycles. The van der Waals surface area contributed by atoms with Crippen LogP contribution in [0.2, 0.25) is 0 Å².